The van der Waals surface area contributed by atoms with E-state index in [0.717, 1.165) is 18.2 Å². The molecular weight excluding hydrogens is 302 g/mol. The Bertz CT molecular complexity index is 785. The third-order valence-electron chi connectivity index (χ3n) is 3.93. The average Bonchev–Trinajstić information content (AvgIpc) is 2.97. The van der Waals surface area contributed by atoms with Gasteiger partial charge in [-0.15, -0.1) is 11.3 Å². The fourth-order valence-electron chi connectivity index (χ4n) is 2.76. The predicted octanol–water partition coefficient (Wildman–Crippen LogP) is 1.25. The number of hydrogen-bond acceptors (Lipinski definition) is 6. The Kier molecular flexibility index (Phi) is 4.02. The van der Waals surface area contributed by atoms with E-state index in [0.29, 0.717) is 12.2 Å². The van der Waals surface area contributed by atoms with Crippen molar-refractivity contribution in [2.24, 2.45) is 0 Å². The highest BCUT2D eigenvalue weighted by molar-refractivity contribution is 7.14. The van der Waals surface area contributed by atoms with Gasteiger partial charge in [-0.25, -0.2) is 9.78 Å². The number of anilines is 2. The van der Waals surface area contributed by atoms with Crippen LogP contribution in [0.3, 0.4) is 0 Å². The van der Waals surface area contributed by atoms with Crippen molar-refractivity contribution in [2.75, 3.05) is 23.7 Å². The van der Waals surface area contributed by atoms with Crippen molar-refractivity contribution in [3.8, 4) is 11.3 Å². The molecule has 0 unspecified atom stereocenters. The maximum atomic E-state index is 12.1. The first-order valence-electron chi connectivity index (χ1n) is 7.45. The van der Waals surface area contributed by atoms with Crippen LogP contribution in [-0.4, -0.2) is 27.6 Å². The Labute approximate surface area is 131 Å². The number of thiazole rings is 1. The van der Waals surface area contributed by atoms with Gasteiger partial charge in [-0.1, -0.05) is 0 Å². The summed E-state index contributed by atoms with van der Waals surface area (Å²) in [4.78, 5) is 32.9. The van der Waals surface area contributed by atoms with Gasteiger partial charge in [-0.05, 0) is 26.2 Å². The van der Waals surface area contributed by atoms with E-state index in [2.05, 4.69) is 14.9 Å². The first-order valence-corrected chi connectivity index (χ1v) is 8.33. The molecule has 0 radical (unpaired) electrons. The molecule has 0 bridgehead atoms. The van der Waals surface area contributed by atoms with Crippen LogP contribution >= 0.6 is 11.3 Å². The topological polar surface area (TPSA) is 97.0 Å². The second-order valence-corrected chi connectivity index (χ2v) is 6.16. The van der Waals surface area contributed by atoms with Crippen LogP contribution in [0.25, 0.3) is 11.3 Å². The fraction of sp³-hybridized carbons (Fsp3) is 0.500. The van der Waals surface area contributed by atoms with Gasteiger partial charge in [-0.3, -0.25) is 14.3 Å². The van der Waals surface area contributed by atoms with Gasteiger partial charge in [0.05, 0.1) is 5.69 Å². The molecule has 0 amide bonds. The maximum absolute atomic E-state index is 12.1. The molecule has 0 atom stereocenters. The molecule has 2 aromatic heterocycles. The van der Waals surface area contributed by atoms with Crippen molar-refractivity contribution in [2.45, 2.75) is 32.7 Å². The average molecular weight is 321 g/mol. The molecule has 118 valence electrons. The molecule has 2 aromatic rings. The van der Waals surface area contributed by atoms with Gasteiger partial charge in [0.15, 0.2) is 5.13 Å². The van der Waals surface area contributed by atoms with Gasteiger partial charge in [0.25, 0.3) is 5.56 Å². The Morgan fingerprint density at radius 1 is 1.32 bits per heavy atom. The first-order chi connectivity index (χ1) is 10.6. The molecule has 1 aliphatic heterocycles. The fourth-order valence-corrected chi connectivity index (χ4v) is 3.63. The molecule has 0 aromatic carbocycles. The van der Waals surface area contributed by atoms with Crippen molar-refractivity contribution in [1.82, 2.24) is 14.5 Å². The number of hydrogen-bond donors (Lipinski definition) is 2. The smallest absolute Gasteiger partial charge is 0.329 e. The lowest BCUT2D eigenvalue weighted by Gasteiger charge is -2.25. The van der Waals surface area contributed by atoms with Gasteiger partial charge in [-0.2, -0.15) is 0 Å². The highest BCUT2D eigenvalue weighted by Crippen LogP contribution is 2.29. The van der Waals surface area contributed by atoms with Crippen LogP contribution in [0.2, 0.25) is 0 Å². The third-order valence-corrected chi connectivity index (χ3v) is 4.83. The summed E-state index contributed by atoms with van der Waals surface area (Å²) in [7, 11) is 0. The lowest BCUT2D eigenvalue weighted by Crippen LogP contribution is -2.33. The van der Waals surface area contributed by atoms with Crippen LogP contribution in [0.1, 0.15) is 26.2 Å². The van der Waals surface area contributed by atoms with Gasteiger partial charge in [0.2, 0.25) is 0 Å². The lowest BCUT2D eigenvalue weighted by atomic mass is 10.1. The van der Waals surface area contributed by atoms with Crippen molar-refractivity contribution in [3.63, 3.8) is 0 Å². The minimum absolute atomic E-state index is 0.173. The SMILES string of the molecule is CCn1c(N)c(-c2csc(N3CCCCC3)n2)c(=O)[nH]c1=O. The number of nitrogens with zero attached hydrogens (tertiary/aromatic N) is 3. The molecule has 3 rings (SSSR count). The van der Waals surface area contributed by atoms with E-state index in [4.69, 9.17) is 5.73 Å². The number of aromatic amines is 1. The highest BCUT2D eigenvalue weighted by Gasteiger charge is 2.19. The molecule has 0 saturated carbocycles. The summed E-state index contributed by atoms with van der Waals surface area (Å²) in [6, 6.07) is 0. The summed E-state index contributed by atoms with van der Waals surface area (Å²) in [5.41, 5.74) is 5.85. The molecule has 7 nitrogen and oxygen atoms in total. The quantitative estimate of drug-likeness (QED) is 0.887. The van der Waals surface area contributed by atoms with Crippen LogP contribution < -0.4 is 21.9 Å². The minimum Gasteiger partial charge on any atom is -0.384 e. The van der Waals surface area contributed by atoms with Crippen molar-refractivity contribution < 1.29 is 0 Å². The Morgan fingerprint density at radius 2 is 2.05 bits per heavy atom. The van der Waals surface area contributed by atoms with E-state index in [-0.39, 0.29) is 11.4 Å². The van der Waals surface area contributed by atoms with E-state index in [9.17, 15) is 9.59 Å². The maximum Gasteiger partial charge on any atom is 0.329 e. The molecule has 1 fully saturated rings. The number of aromatic nitrogens is 3. The number of H-pyrrole nitrogens is 1. The van der Waals surface area contributed by atoms with E-state index < -0.39 is 11.2 Å². The zero-order valence-corrected chi connectivity index (χ0v) is 13.3. The van der Waals surface area contributed by atoms with Crippen LogP contribution in [0.15, 0.2) is 15.0 Å². The van der Waals surface area contributed by atoms with Crippen LogP contribution in [0.5, 0.6) is 0 Å². The molecule has 8 heteroatoms. The predicted molar refractivity (Wildman–Crippen MR) is 88.6 cm³/mol. The Balaban J connectivity index is 2.03. The summed E-state index contributed by atoms with van der Waals surface area (Å²) in [5.74, 6) is 0.173. The molecule has 1 aliphatic rings. The molecule has 0 aliphatic carbocycles. The number of piperidine rings is 1. The Hall–Kier alpha value is -2.09. The van der Waals surface area contributed by atoms with E-state index >= 15 is 0 Å². The summed E-state index contributed by atoms with van der Waals surface area (Å²) >= 11 is 1.51. The van der Waals surface area contributed by atoms with Crippen LogP contribution in [0, 0.1) is 0 Å². The summed E-state index contributed by atoms with van der Waals surface area (Å²) in [6.07, 6.45) is 3.58. The van der Waals surface area contributed by atoms with Gasteiger partial charge in [0, 0.05) is 25.0 Å². The number of nitrogens with two attached hydrogens (primary N) is 1. The third kappa shape index (κ3) is 2.54. The van der Waals surface area contributed by atoms with Crippen LogP contribution in [-0.2, 0) is 6.54 Å². The summed E-state index contributed by atoms with van der Waals surface area (Å²) in [5, 5.41) is 2.73. The molecule has 3 heterocycles. The summed E-state index contributed by atoms with van der Waals surface area (Å²) < 4.78 is 1.34. The second kappa shape index (κ2) is 5.96. The highest BCUT2D eigenvalue weighted by atomic mass is 32.1. The molecule has 3 N–H and O–H groups in total. The largest absolute Gasteiger partial charge is 0.384 e. The zero-order chi connectivity index (χ0) is 15.7. The van der Waals surface area contributed by atoms with Crippen molar-refractivity contribution >= 4 is 22.3 Å². The standard InChI is InChI=1S/C14H19N5O2S/c1-2-19-11(15)10(12(20)17-13(19)21)9-8-22-14(16-9)18-6-4-3-5-7-18/h8H,2-7,15H2,1H3,(H,17,20,21). The molecule has 22 heavy (non-hydrogen) atoms. The first kappa shape index (κ1) is 14.8. The van der Waals surface area contributed by atoms with E-state index in [1.165, 1.54) is 35.2 Å². The summed E-state index contributed by atoms with van der Waals surface area (Å²) in [6.45, 7) is 4.19. The number of rotatable bonds is 3. The monoisotopic (exact) mass is 321 g/mol. The normalized spacial score (nSPS) is 15.2. The van der Waals surface area contributed by atoms with E-state index in [1.54, 1.807) is 6.92 Å². The van der Waals surface area contributed by atoms with Crippen LogP contribution in [0.4, 0.5) is 10.9 Å². The minimum atomic E-state index is -0.486. The molecule has 0 spiro atoms. The lowest BCUT2D eigenvalue weighted by molar-refractivity contribution is 0.577. The second-order valence-electron chi connectivity index (χ2n) is 5.33. The number of nitrogen functional groups attached to an aromatic ring is 1. The molecular formula is C14H19N5O2S. The van der Waals surface area contributed by atoms with Crippen molar-refractivity contribution in [3.05, 3.63) is 26.2 Å². The molecule has 1 saturated heterocycles. The van der Waals surface area contributed by atoms with E-state index in [1.807, 2.05) is 5.38 Å². The zero-order valence-electron chi connectivity index (χ0n) is 12.5. The van der Waals surface area contributed by atoms with Crippen molar-refractivity contribution in [1.29, 1.82) is 0 Å². The van der Waals surface area contributed by atoms with Gasteiger partial charge in [0.1, 0.15) is 11.4 Å². The number of nitrogens with one attached hydrogen (secondary N) is 1. The Morgan fingerprint density at radius 3 is 2.73 bits per heavy atom. The van der Waals surface area contributed by atoms with Gasteiger partial charge < -0.3 is 10.6 Å². The van der Waals surface area contributed by atoms with Gasteiger partial charge >= 0.3 is 5.69 Å².